The lowest BCUT2D eigenvalue weighted by atomic mass is 10.2. The Morgan fingerprint density at radius 3 is 2.32 bits per heavy atom. The lowest BCUT2D eigenvalue weighted by Gasteiger charge is -2.12. The van der Waals surface area contributed by atoms with Crippen molar-refractivity contribution in [3.05, 3.63) is 59.1 Å². The number of benzene rings is 2. The van der Waals surface area contributed by atoms with E-state index in [9.17, 15) is 22.8 Å². The molecule has 3 amide bonds. The van der Waals surface area contributed by atoms with Gasteiger partial charge in [0.1, 0.15) is 0 Å². The number of para-hydroxylation sites is 1. The van der Waals surface area contributed by atoms with E-state index >= 15 is 0 Å². The molecule has 0 saturated carbocycles. The molecule has 0 aliphatic heterocycles. The number of hydrogen-bond donors (Lipinski definition) is 3. The van der Waals surface area contributed by atoms with Crippen LogP contribution in [0, 0.1) is 0 Å². The van der Waals surface area contributed by atoms with Gasteiger partial charge in [0.15, 0.2) is 0 Å². The van der Waals surface area contributed by atoms with Crippen molar-refractivity contribution in [2.24, 2.45) is 0 Å². The zero-order valence-corrected chi connectivity index (χ0v) is 13.4. The minimum Gasteiger partial charge on any atom is -0.329 e. The van der Waals surface area contributed by atoms with Gasteiger partial charge < -0.3 is 16.0 Å². The van der Waals surface area contributed by atoms with Gasteiger partial charge in [-0.1, -0.05) is 29.8 Å². The average molecular weight is 372 g/mol. The first kappa shape index (κ1) is 18.6. The predicted octanol–water partition coefficient (Wildman–Crippen LogP) is 4.12. The van der Waals surface area contributed by atoms with E-state index in [-0.39, 0.29) is 10.7 Å². The maximum atomic E-state index is 12.7. The molecule has 2 aromatic rings. The summed E-state index contributed by atoms with van der Waals surface area (Å²) < 4.78 is 38.0. The number of alkyl halides is 3. The van der Waals surface area contributed by atoms with Crippen molar-refractivity contribution in [3.63, 3.8) is 0 Å². The Kier molecular flexibility index (Phi) is 5.87. The smallest absolute Gasteiger partial charge is 0.329 e. The van der Waals surface area contributed by atoms with E-state index in [1.807, 2.05) is 0 Å². The molecule has 0 radical (unpaired) electrons. The summed E-state index contributed by atoms with van der Waals surface area (Å²) in [7, 11) is 0. The molecule has 3 N–H and O–H groups in total. The summed E-state index contributed by atoms with van der Waals surface area (Å²) in [6, 6.07) is 10.5. The van der Waals surface area contributed by atoms with Gasteiger partial charge in [0, 0.05) is 5.69 Å². The lowest BCUT2D eigenvalue weighted by molar-refractivity contribution is -0.137. The van der Waals surface area contributed by atoms with E-state index < -0.39 is 30.2 Å². The highest BCUT2D eigenvalue weighted by atomic mass is 35.5. The van der Waals surface area contributed by atoms with E-state index in [1.165, 1.54) is 0 Å². The topological polar surface area (TPSA) is 70.2 Å². The molecule has 2 aromatic carbocycles. The van der Waals surface area contributed by atoms with E-state index in [2.05, 4.69) is 16.0 Å². The van der Waals surface area contributed by atoms with Crippen molar-refractivity contribution in [1.29, 1.82) is 0 Å². The van der Waals surface area contributed by atoms with Gasteiger partial charge in [-0.15, -0.1) is 0 Å². The number of amides is 3. The third-order valence-electron chi connectivity index (χ3n) is 3.01. The van der Waals surface area contributed by atoms with Gasteiger partial charge in [-0.05, 0) is 30.3 Å². The number of carbonyl (C=O) groups is 2. The molecular weight excluding hydrogens is 359 g/mol. The highest BCUT2D eigenvalue weighted by Gasteiger charge is 2.31. The van der Waals surface area contributed by atoms with Crippen LogP contribution in [-0.2, 0) is 11.0 Å². The molecule has 0 saturated heterocycles. The van der Waals surface area contributed by atoms with Crippen molar-refractivity contribution in [1.82, 2.24) is 5.32 Å². The highest BCUT2D eigenvalue weighted by Crippen LogP contribution is 2.33. The van der Waals surface area contributed by atoms with Gasteiger partial charge in [0.2, 0.25) is 5.91 Å². The summed E-state index contributed by atoms with van der Waals surface area (Å²) in [5, 5.41) is 6.97. The quantitative estimate of drug-likeness (QED) is 0.756. The first-order chi connectivity index (χ1) is 11.8. The van der Waals surface area contributed by atoms with Crippen LogP contribution in [0.1, 0.15) is 5.56 Å². The van der Waals surface area contributed by atoms with Crippen LogP contribution in [0.5, 0.6) is 0 Å². The molecule has 0 spiro atoms. The summed E-state index contributed by atoms with van der Waals surface area (Å²) in [5.41, 5.74) is -0.602. The molecule has 0 aliphatic carbocycles. The van der Waals surface area contributed by atoms with Crippen molar-refractivity contribution in [3.8, 4) is 0 Å². The second kappa shape index (κ2) is 7.89. The summed E-state index contributed by atoms with van der Waals surface area (Å²) in [5.74, 6) is -0.718. The molecule has 0 unspecified atom stereocenters. The van der Waals surface area contributed by atoms with Gasteiger partial charge in [-0.2, -0.15) is 13.2 Å². The number of carbonyl (C=O) groups excluding carboxylic acids is 2. The molecule has 9 heteroatoms. The third kappa shape index (κ3) is 5.68. The van der Waals surface area contributed by atoms with Gasteiger partial charge in [0.05, 0.1) is 22.8 Å². The van der Waals surface area contributed by atoms with Crippen molar-refractivity contribution in [2.75, 3.05) is 17.2 Å². The van der Waals surface area contributed by atoms with E-state index in [1.54, 1.807) is 30.3 Å². The third-order valence-corrected chi connectivity index (χ3v) is 3.34. The fraction of sp³-hybridized carbons (Fsp3) is 0.125. The normalized spacial score (nSPS) is 10.9. The molecule has 0 atom stereocenters. The molecule has 0 aromatic heterocycles. The van der Waals surface area contributed by atoms with Crippen LogP contribution >= 0.6 is 11.6 Å². The second-order valence-electron chi connectivity index (χ2n) is 4.91. The summed E-state index contributed by atoms with van der Waals surface area (Å²) in [4.78, 5) is 23.4. The first-order valence-corrected chi connectivity index (χ1v) is 7.40. The molecule has 0 bridgehead atoms. The molecule has 0 aliphatic rings. The Morgan fingerprint density at radius 1 is 1.00 bits per heavy atom. The number of anilines is 2. The number of urea groups is 1. The molecule has 0 fully saturated rings. The fourth-order valence-corrected chi connectivity index (χ4v) is 2.01. The first-order valence-electron chi connectivity index (χ1n) is 7.02. The van der Waals surface area contributed by atoms with E-state index in [4.69, 9.17) is 11.6 Å². The van der Waals surface area contributed by atoms with Crippen LogP contribution in [0.2, 0.25) is 5.02 Å². The summed E-state index contributed by atoms with van der Waals surface area (Å²) in [6.07, 6.45) is -4.56. The Hall–Kier alpha value is -2.74. The largest absolute Gasteiger partial charge is 0.416 e. The van der Waals surface area contributed by atoms with Crippen LogP contribution in [-0.4, -0.2) is 18.5 Å². The Balaban J connectivity index is 1.91. The van der Waals surface area contributed by atoms with Gasteiger partial charge in [0.25, 0.3) is 0 Å². The highest BCUT2D eigenvalue weighted by molar-refractivity contribution is 6.33. The van der Waals surface area contributed by atoms with Gasteiger partial charge >= 0.3 is 12.2 Å². The van der Waals surface area contributed by atoms with Crippen molar-refractivity contribution < 1.29 is 22.8 Å². The molecule has 132 valence electrons. The molecule has 5 nitrogen and oxygen atoms in total. The van der Waals surface area contributed by atoms with Crippen molar-refractivity contribution in [2.45, 2.75) is 6.18 Å². The van der Waals surface area contributed by atoms with Crippen LogP contribution in [0.3, 0.4) is 0 Å². The number of halogens is 4. The van der Waals surface area contributed by atoms with Crippen LogP contribution in [0.4, 0.5) is 29.3 Å². The number of nitrogens with one attached hydrogen (secondary N) is 3. The van der Waals surface area contributed by atoms with Crippen LogP contribution < -0.4 is 16.0 Å². The molecule has 2 rings (SSSR count). The Morgan fingerprint density at radius 2 is 1.68 bits per heavy atom. The van der Waals surface area contributed by atoms with E-state index in [0.717, 1.165) is 18.2 Å². The van der Waals surface area contributed by atoms with E-state index in [0.29, 0.717) is 5.69 Å². The zero-order chi connectivity index (χ0) is 18.4. The molecule has 0 heterocycles. The van der Waals surface area contributed by atoms with Gasteiger partial charge in [-0.25, -0.2) is 4.79 Å². The minimum atomic E-state index is -4.56. The van der Waals surface area contributed by atoms with Crippen LogP contribution in [0.25, 0.3) is 0 Å². The zero-order valence-electron chi connectivity index (χ0n) is 12.7. The predicted molar refractivity (Wildman–Crippen MR) is 88.5 cm³/mol. The monoisotopic (exact) mass is 371 g/mol. The lowest BCUT2D eigenvalue weighted by Crippen LogP contribution is -2.35. The minimum absolute atomic E-state index is 0.0462. The van der Waals surface area contributed by atoms with Gasteiger partial charge in [-0.3, -0.25) is 4.79 Å². The Bertz CT molecular complexity index is 767. The fourth-order valence-electron chi connectivity index (χ4n) is 1.85. The van der Waals surface area contributed by atoms with Crippen LogP contribution in [0.15, 0.2) is 48.5 Å². The number of rotatable bonds is 4. The standard InChI is InChI=1S/C16H13ClF3N3O2/c17-12-7-6-10(16(18,19)20)8-13(12)23-14(24)9-21-15(25)22-11-4-2-1-3-5-11/h1-8H,9H2,(H,23,24)(H2,21,22,25). The summed E-state index contributed by atoms with van der Waals surface area (Å²) in [6.45, 7) is -0.439. The Labute approximate surface area is 146 Å². The van der Waals surface area contributed by atoms with Crippen molar-refractivity contribution >= 4 is 34.9 Å². The maximum absolute atomic E-state index is 12.7. The SMILES string of the molecule is O=C(CNC(=O)Nc1ccccc1)Nc1cc(C(F)(F)F)ccc1Cl. The second-order valence-corrected chi connectivity index (χ2v) is 5.32. The summed E-state index contributed by atoms with van der Waals surface area (Å²) >= 11 is 5.78. The molecular formula is C16H13ClF3N3O2. The average Bonchev–Trinajstić information content (AvgIpc) is 2.55. The maximum Gasteiger partial charge on any atom is 0.416 e. The number of hydrogen-bond acceptors (Lipinski definition) is 2. The molecule has 25 heavy (non-hydrogen) atoms.